The molecule has 0 saturated carbocycles. The van der Waals surface area contributed by atoms with E-state index in [4.69, 9.17) is 4.74 Å². The van der Waals surface area contributed by atoms with Gasteiger partial charge in [0.2, 0.25) is 0 Å². The van der Waals surface area contributed by atoms with Gasteiger partial charge in [-0.05, 0) is 20.8 Å². The van der Waals surface area contributed by atoms with E-state index in [1.54, 1.807) is 20.8 Å². The van der Waals surface area contributed by atoms with Gasteiger partial charge in [0, 0.05) is 6.26 Å². The Balaban J connectivity index is 2.92. The number of carbonyl (C=O) groups is 1. The Labute approximate surface area is 94.1 Å². The molecule has 0 fully saturated rings. The third-order valence-corrected chi connectivity index (χ3v) is 2.63. The summed E-state index contributed by atoms with van der Waals surface area (Å²) in [7, 11) is -3.35. The van der Waals surface area contributed by atoms with Crippen molar-refractivity contribution in [2.45, 2.75) is 31.3 Å². The van der Waals surface area contributed by atoms with Crippen molar-refractivity contribution in [1.82, 2.24) is 9.78 Å². The molecule has 0 atom stereocenters. The molecule has 0 aromatic carbocycles. The minimum Gasteiger partial charge on any atom is -0.442 e. The van der Waals surface area contributed by atoms with Crippen LogP contribution < -0.4 is 0 Å². The van der Waals surface area contributed by atoms with Gasteiger partial charge in [-0.15, -0.1) is 0 Å². The summed E-state index contributed by atoms with van der Waals surface area (Å²) in [4.78, 5) is 11.5. The van der Waals surface area contributed by atoms with Gasteiger partial charge in [0.25, 0.3) is 0 Å². The molecular formula is C9H14N2O4S. The second-order valence-corrected chi connectivity index (χ2v) is 6.39. The molecule has 1 aromatic heterocycles. The van der Waals surface area contributed by atoms with Crippen LogP contribution in [0.2, 0.25) is 0 Å². The Bertz CT molecular complexity index is 496. The molecular weight excluding hydrogens is 232 g/mol. The first-order valence-electron chi connectivity index (χ1n) is 4.58. The fraction of sp³-hybridized carbons (Fsp3) is 0.556. The van der Waals surface area contributed by atoms with E-state index in [1.165, 1.54) is 0 Å². The number of sulfone groups is 1. The van der Waals surface area contributed by atoms with Crippen LogP contribution in [0.3, 0.4) is 0 Å². The Morgan fingerprint density at radius 1 is 1.44 bits per heavy atom. The van der Waals surface area contributed by atoms with Crippen LogP contribution in [0.25, 0.3) is 0 Å². The molecule has 6 nitrogen and oxygen atoms in total. The van der Waals surface area contributed by atoms with E-state index in [9.17, 15) is 13.2 Å². The highest BCUT2D eigenvalue weighted by Crippen LogP contribution is 2.11. The summed E-state index contributed by atoms with van der Waals surface area (Å²) in [6.45, 7) is 5.14. The van der Waals surface area contributed by atoms with Crippen LogP contribution in [-0.4, -0.2) is 36.1 Å². The highest BCUT2D eigenvalue weighted by atomic mass is 32.2. The topological polar surface area (TPSA) is 78.3 Å². The summed E-state index contributed by atoms with van der Waals surface area (Å²) in [6, 6.07) is 0. The predicted molar refractivity (Wildman–Crippen MR) is 57.0 cm³/mol. The minimum absolute atomic E-state index is 0.0154. The van der Waals surface area contributed by atoms with Gasteiger partial charge in [0.05, 0.1) is 12.4 Å². The fourth-order valence-corrected chi connectivity index (χ4v) is 1.44. The molecule has 0 aliphatic rings. The van der Waals surface area contributed by atoms with Crippen molar-refractivity contribution in [1.29, 1.82) is 0 Å². The van der Waals surface area contributed by atoms with Gasteiger partial charge in [-0.3, -0.25) is 0 Å². The maximum absolute atomic E-state index is 11.5. The maximum atomic E-state index is 11.5. The first-order chi connectivity index (χ1) is 7.09. The number of hydrogen-bond donors (Lipinski definition) is 0. The highest BCUT2D eigenvalue weighted by molar-refractivity contribution is 7.90. The average Bonchev–Trinajstić information content (AvgIpc) is 2.46. The third-order valence-electron chi connectivity index (χ3n) is 1.57. The van der Waals surface area contributed by atoms with Crippen LogP contribution in [0.5, 0.6) is 0 Å². The summed E-state index contributed by atoms with van der Waals surface area (Å²) < 4.78 is 28.2. The molecule has 7 heteroatoms. The molecule has 0 unspecified atom stereocenters. The first-order valence-corrected chi connectivity index (χ1v) is 6.47. The van der Waals surface area contributed by atoms with E-state index >= 15 is 0 Å². The van der Waals surface area contributed by atoms with Gasteiger partial charge in [0.15, 0.2) is 9.84 Å². The zero-order chi connectivity index (χ0) is 12.6. The van der Waals surface area contributed by atoms with Gasteiger partial charge < -0.3 is 4.74 Å². The second kappa shape index (κ2) is 3.89. The van der Waals surface area contributed by atoms with Crippen molar-refractivity contribution >= 4 is 15.9 Å². The van der Waals surface area contributed by atoms with Crippen LogP contribution >= 0.6 is 0 Å². The molecule has 1 aromatic rings. The molecule has 0 radical (unpaired) electrons. The summed E-state index contributed by atoms with van der Waals surface area (Å²) in [5.74, 6) is 0. The molecule has 0 aliphatic heterocycles. The lowest BCUT2D eigenvalue weighted by molar-refractivity contribution is 0.0514. The van der Waals surface area contributed by atoms with E-state index in [0.29, 0.717) is 0 Å². The zero-order valence-electron chi connectivity index (χ0n) is 9.59. The Morgan fingerprint density at radius 2 is 2.00 bits per heavy atom. The van der Waals surface area contributed by atoms with Crippen LogP contribution in [0, 0.1) is 0 Å². The fourth-order valence-electron chi connectivity index (χ4n) is 0.906. The Kier molecular flexibility index (Phi) is 3.09. The molecule has 90 valence electrons. The lowest BCUT2D eigenvalue weighted by Gasteiger charge is -2.18. The van der Waals surface area contributed by atoms with Crippen molar-refractivity contribution in [3.05, 3.63) is 12.4 Å². The number of hydrogen-bond acceptors (Lipinski definition) is 5. The zero-order valence-corrected chi connectivity index (χ0v) is 10.4. The number of nitrogens with zero attached hydrogens (tertiary/aromatic N) is 2. The van der Waals surface area contributed by atoms with Crippen molar-refractivity contribution in [3.63, 3.8) is 0 Å². The lowest BCUT2D eigenvalue weighted by atomic mass is 10.2. The van der Waals surface area contributed by atoms with E-state index in [1.807, 2.05) is 0 Å². The smallest absolute Gasteiger partial charge is 0.435 e. The molecule has 1 heterocycles. The highest BCUT2D eigenvalue weighted by Gasteiger charge is 2.20. The third kappa shape index (κ3) is 3.34. The van der Waals surface area contributed by atoms with E-state index < -0.39 is 21.5 Å². The second-order valence-electron chi connectivity index (χ2n) is 4.37. The van der Waals surface area contributed by atoms with Crippen LogP contribution in [0.1, 0.15) is 20.8 Å². The molecule has 1 rings (SSSR count). The first kappa shape index (κ1) is 12.7. The van der Waals surface area contributed by atoms with Gasteiger partial charge >= 0.3 is 6.09 Å². The van der Waals surface area contributed by atoms with Gasteiger partial charge in [-0.2, -0.15) is 9.78 Å². The number of rotatable bonds is 1. The minimum atomic E-state index is -3.35. The van der Waals surface area contributed by atoms with Gasteiger partial charge in [0.1, 0.15) is 10.5 Å². The molecule has 0 aliphatic carbocycles. The molecule has 16 heavy (non-hydrogen) atoms. The van der Waals surface area contributed by atoms with Crippen molar-refractivity contribution in [3.8, 4) is 0 Å². The quantitative estimate of drug-likeness (QED) is 0.740. The molecule has 0 amide bonds. The molecule has 0 bridgehead atoms. The largest absolute Gasteiger partial charge is 0.442 e. The van der Waals surface area contributed by atoms with Crippen molar-refractivity contribution in [2.24, 2.45) is 0 Å². The van der Waals surface area contributed by atoms with Gasteiger partial charge in [-0.25, -0.2) is 13.2 Å². The number of carbonyl (C=O) groups excluding carboxylic acids is 1. The van der Waals surface area contributed by atoms with Crippen LogP contribution in [0.15, 0.2) is 17.3 Å². The monoisotopic (exact) mass is 246 g/mol. The number of aromatic nitrogens is 2. The Hall–Kier alpha value is -1.37. The summed E-state index contributed by atoms with van der Waals surface area (Å²) in [5, 5.41) is 3.63. The molecule has 0 N–H and O–H groups in total. The van der Waals surface area contributed by atoms with E-state index in [-0.39, 0.29) is 4.90 Å². The lowest BCUT2D eigenvalue weighted by Crippen LogP contribution is -2.27. The van der Waals surface area contributed by atoms with E-state index in [2.05, 4.69) is 5.10 Å². The summed E-state index contributed by atoms with van der Waals surface area (Å²) in [5.41, 5.74) is -0.645. The molecule has 0 saturated heterocycles. The van der Waals surface area contributed by atoms with E-state index in [0.717, 1.165) is 23.3 Å². The predicted octanol–water partition coefficient (Wildman–Crippen LogP) is 1.07. The van der Waals surface area contributed by atoms with Crippen LogP contribution in [0.4, 0.5) is 4.79 Å². The Morgan fingerprint density at radius 3 is 2.38 bits per heavy atom. The number of ether oxygens (including phenoxy) is 1. The maximum Gasteiger partial charge on any atom is 0.435 e. The van der Waals surface area contributed by atoms with Crippen molar-refractivity contribution in [2.75, 3.05) is 6.26 Å². The van der Waals surface area contributed by atoms with Gasteiger partial charge in [-0.1, -0.05) is 0 Å². The average molecular weight is 246 g/mol. The summed E-state index contributed by atoms with van der Waals surface area (Å²) >= 11 is 0. The SMILES string of the molecule is CC(C)(C)OC(=O)n1cc(S(C)(=O)=O)cn1. The normalized spacial score (nSPS) is 12.5. The summed E-state index contributed by atoms with van der Waals surface area (Å²) in [6.07, 6.45) is 2.58. The van der Waals surface area contributed by atoms with Crippen molar-refractivity contribution < 1.29 is 17.9 Å². The standard InChI is InChI=1S/C9H14N2O4S/c1-9(2,3)15-8(12)11-6-7(5-10-11)16(4,13)14/h5-6H,1-4H3. The van der Waals surface area contributed by atoms with Crippen LogP contribution in [-0.2, 0) is 14.6 Å². The molecule has 0 spiro atoms.